The largest absolute Gasteiger partial charge is 0.495 e. The summed E-state index contributed by atoms with van der Waals surface area (Å²) in [6.07, 6.45) is -4.76. The number of fused-ring (bicyclic) bond motifs is 1. The van der Waals surface area contributed by atoms with E-state index in [1.54, 1.807) is 24.3 Å². The van der Waals surface area contributed by atoms with Crippen LogP contribution in [0.15, 0.2) is 48.5 Å². The van der Waals surface area contributed by atoms with E-state index in [4.69, 9.17) is 16.3 Å². The van der Waals surface area contributed by atoms with Crippen molar-refractivity contribution >= 4 is 29.0 Å². The number of rotatable bonds is 4. The number of ether oxygens (including phenoxy) is 1. The molecule has 6 nitrogen and oxygen atoms in total. The van der Waals surface area contributed by atoms with Gasteiger partial charge in [-0.25, -0.2) is 4.68 Å². The fraction of sp³-hybridized carbons (Fsp3) is 0.273. The van der Waals surface area contributed by atoms with E-state index < -0.39 is 24.2 Å². The summed E-state index contributed by atoms with van der Waals surface area (Å²) in [5, 5.41) is 9.92. The smallest absolute Gasteiger partial charge is 0.410 e. The van der Waals surface area contributed by atoms with Gasteiger partial charge in [0.1, 0.15) is 11.6 Å². The first-order valence-corrected chi connectivity index (χ1v) is 10.2. The lowest BCUT2D eigenvalue weighted by Gasteiger charge is -2.33. The Kier molecular flexibility index (Phi) is 5.77. The zero-order valence-corrected chi connectivity index (χ0v) is 18.0. The third kappa shape index (κ3) is 4.38. The van der Waals surface area contributed by atoms with Gasteiger partial charge in [-0.2, -0.15) is 18.3 Å². The number of benzene rings is 2. The van der Waals surface area contributed by atoms with Gasteiger partial charge < -0.3 is 15.4 Å². The number of hydrogen-bond donors (Lipinski definition) is 2. The van der Waals surface area contributed by atoms with Crippen LogP contribution in [-0.4, -0.2) is 29.0 Å². The topological polar surface area (TPSA) is 68.2 Å². The van der Waals surface area contributed by atoms with Crippen LogP contribution in [0.3, 0.4) is 0 Å². The molecule has 3 aromatic rings. The third-order valence-electron chi connectivity index (χ3n) is 5.31. The van der Waals surface area contributed by atoms with E-state index in [0.29, 0.717) is 11.4 Å². The van der Waals surface area contributed by atoms with Gasteiger partial charge in [0.15, 0.2) is 11.7 Å². The maximum Gasteiger partial charge on any atom is 0.410 e. The lowest BCUT2D eigenvalue weighted by molar-refractivity contribution is -0.173. The fourth-order valence-electron chi connectivity index (χ4n) is 3.64. The number of alkyl halides is 3. The van der Waals surface area contributed by atoms with Crippen LogP contribution in [-0.2, 0) is 0 Å². The van der Waals surface area contributed by atoms with Crippen molar-refractivity contribution in [3.05, 3.63) is 70.4 Å². The average Bonchev–Trinajstić information content (AvgIpc) is 3.17. The van der Waals surface area contributed by atoms with Gasteiger partial charge in [0.05, 0.1) is 18.2 Å². The Morgan fingerprint density at radius 2 is 1.94 bits per heavy atom. The van der Waals surface area contributed by atoms with Crippen molar-refractivity contribution < 1.29 is 22.7 Å². The number of nitrogens with zero attached hydrogens (tertiary/aromatic N) is 2. The third-order valence-corrected chi connectivity index (χ3v) is 5.61. The number of amides is 1. The van der Waals surface area contributed by atoms with Crippen molar-refractivity contribution in [3.63, 3.8) is 0 Å². The first kappa shape index (κ1) is 22.0. The Morgan fingerprint density at radius 3 is 2.56 bits per heavy atom. The van der Waals surface area contributed by atoms with Gasteiger partial charge in [0, 0.05) is 18.2 Å². The molecule has 2 atom stereocenters. The number of aromatic nitrogens is 2. The summed E-state index contributed by atoms with van der Waals surface area (Å²) in [7, 11) is 1.46. The Morgan fingerprint density at radius 1 is 1.22 bits per heavy atom. The highest BCUT2D eigenvalue weighted by atomic mass is 35.5. The van der Waals surface area contributed by atoms with Crippen LogP contribution < -0.4 is 15.4 Å². The molecule has 32 heavy (non-hydrogen) atoms. The van der Waals surface area contributed by atoms with Crippen molar-refractivity contribution in [2.75, 3.05) is 17.7 Å². The minimum atomic E-state index is -4.52. The van der Waals surface area contributed by atoms with Crippen LogP contribution in [0.1, 0.15) is 40.1 Å². The molecule has 1 amide bonds. The summed E-state index contributed by atoms with van der Waals surface area (Å²) >= 11 is 6.06. The second-order valence-electron chi connectivity index (χ2n) is 7.56. The molecule has 1 aliphatic heterocycles. The molecule has 0 saturated heterocycles. The molecule has 0 fully saturated rings. The number of carbonyl (C=O) groups is 1. The Labute approximate surface area is 187 Å². The molecule has 0 aliphatic carbocycles. The molecule has 2 aromatic carbocycles. The highest BCUT2D eigenvalue weighted by molar-refractivity contribution is 6.32. The average molecular weight is 465 g/mol. The van der Waals surface area contributed by atoms with E-state index in [1.165, 1.54) is 19.2 Å². The molecule has 0 bridgehead atoms. The minimum Gasteiger partial charge on any atom is -0.495 e. The van der Waals surface area contributed by atoms with Crippen molar-refractivity contribution in [1.29, 1.82) is 0 Å². The van der Waals surface area contributed by atoms with Gasteiger partial charge >= 0.3 is 6.18 Å². The Bertz CT molecular complexity index is 1150. The lowest BCUT2D eigenvalue weighted by Crippen LogP contribution is -2.35. The SMILES string of the molecule is COc1ccc(NC(=O)c2cc3n(n2)[C@@H](C(F)(F)F)C[C@H](c2ccc(C)cc2)N3)cc1Cl. The minimum absolute atomic E-state index is 0.127. The number of anilines is 2. The molecule has 2 heterocycles. The van der Waals surface area contributed by atoms with Gasteiger partial charge in [-0.15, -0.1) is 0 Å². The Hall–Kier alpha value is -3.20. The maximum absolute atomic E-state index is 13.8. The standard InChI is InChI=1S/C22H20ClF3N4O2/c1-12-3-5-13(6-4-12)16-10-19(22(24,25)26)30-20(28-16)11-17(29-30)21(31)27-14-7-8-18(32-2)15(23)9-14/h3-9,11,16,19,28H,10H2,1-2H3,(H,27,31)/t16-,19-/m1/s1. The van der Waals surface area contributed by atoms with Crippen LogP contribution in [0.2, 0.25) is 5.02 Å². The fourth-order valence-corrected chi connectivity index (χ4v) is 3.90. The van der Waals surface area contributed by atoms with E-state index in [1.807, 2.05) is 19.1 Å². The van der Waals surface area contributed by atoms with Crippen molar-refractivity contribution in [3.8, 4) is 5.75 Å². The lowest BCUT2D eigenvalue weighted by atomic mass is 9.96. The molecular formula is C22H20ClF3N4O2. The van der Waals surface area contributed by atoms with Crippen LogP contribution in [0.4, 0.5) is 24.7 Å². The molecule has 0 radical (unpaired) electrons. The van der Waals surface area contributed by atoms with E-state index in [2.05, 4.69) is 15.7 Å². The molecule has 2 N–H and O–H groups in total. The number of hydrogen-bond acceptors (Lipinski definition) is 4. The second-order valence-corrected chi connectivity index (χ2v) is 7.97. The molecule has 1 aliphatic rings. The van der Waals surface area contributed by atoms with Crippen LogP contribution in [0.25, 0.3) is 0 Å². The molecule has 1 aromatic heterocycles. The normalized spacial score (nSPS) is 17.9. The van der Waals surface area contributed by atoms with E-state index >= 15 is 0 Å². The molecule has 0 spiro atoms. The number of aryl methyl sites for hydroxylation is 1. The van der Waals surface area contributed by atoms with E-state index in [0.717, 1.165) is 15.8 Å². The van der Waals surface area contributed by atoms with Crippen molar-refractivity contribution in [1.82, 2.24) is 9.78 Å². The summed E-state index contributed by atoms with van der Waals surface area (Å²) in [4.78, 5) is 12.7. The summed E-state index contributed by atoms with van der Waals surface area (Å²) in [5.74, 6) is -0.0914. The Balaban J connectivity index is 1.62. The molecule has 0 unspecified atom stereocenters. The quantitative estimate of drug-likeness (QED) is 0.514. The maximum atomic E-state index is 13.8. The summed E-state index contributed by atoms with van der Waals surface area (Å²) in [6.45, 7) is 1.91. The monoisotopic (exact) mass is 464 g/mol. The van der Waals surface area contributed by atoms with Gasteiger partial charge in [-0.3, -0.25) is 4.79 Å². The number of nitrogens with one attached hydrogen (secondary N) is 2. The predicted octanol–water partition coefficient (Wildman–Crippen LogP) is 5.77. The van der Waals surface area contributed by atoms with E-state index in [9.17, 15) is 18.0 Å². The highest BCUT2D eigenvalue weighted by Crippen LogP contribution is 2.43. The van der Waals surface area contributed by atoms with Crippen LogP contribution in [0, 0.1) is 6.92 Å². The summed E-state index contributed by atoms with van der Waals surface area (Å²) in [6, 6.07) is 10.8. The summed E-state index contributed by atoms with van der Waals surface area (Å²) < 4.78 is 47.4. The van der Waals surface area contributed by atoms with Crippen LogP contribution >= 0.6 is 11.6 Å². The van der Waals surface area contributed by atoms with Gasteiger partial charge in [-0.05, 0) is 30.7 Å². The van der Waals surface area contributed by atoms with Crippen LogP contribution in [0.5, 0.6) is 5.75 Å². The van der Waals surface area contributed by atoms with Crippen molar-refractivity contribution in [2.24, 2.45) is 0 Å². The van der Waals surface area contributed by atoms with Gasteiger partial charge in [0.25, 0.3) is 5.91 Å². The van der Waals surface area contributed by atoms with Gasteiger partial charge in [-0.1, -0.05) is 41.4 Å². The van der Waals surface area contributed by atoms with E-state index in [-0.39, 0.29) is 23.0 Å². The second kappa shape index (κ2) is 8.38. The first-order valence-electron chi connectivity index (χ1n) is 9.80. The zero-order valence-electron chi connectivity index (χ0n) is 17.2. The first-order chi connectivity index (χ1) is 15.2. The molecule has 168 valence electrons. The molecule has 4 rings (SSSR count). The van der Waals surface area contributed by atoms with Gasteiger partial charge in [0.2, 0.25) is 0 Å². The molecule has 0 saturated carbocycles. The number of carbonyl (C=O) groups excluding carboxylic acids is 1. The number of halogens is 4. The predicted molar refractivity (Wildman–Crippen MR) is 115 cm³/mol. The summed E-state index contributed by atoms with van der Waals surface area (Å²) in [5.41, 5.74) is 1.97. The molecule has 10 heteroatoms. The molecular weight excluding hydrogens is 445 g/mol. The highest BCUT2D eigenvalue weighted by Gasteiger charge is 2.46. The number of methoxy groups -OCH3 is 1. The van der Waals surface area contributed by atoms with Crippen molar-refractivity contribution in [2.45, 2.75) is 31.6 Å². The zero-order chi connectivity index (χ0) is 23.0.